The molecule has 1 atom stereocenters. The predicted molar refractivity (Wildman–Crippen MR) is 61.8 cm³/mol. The van der Waals surface area contributed by atoms with E-state index < -0.39 is 0 Å². The summed E-state index contributed by atoms with van der Waals surface area (Å²) in [4.78, 5) is 0. The molecule has 0 saturated carbocycles. The fourth-order valence-electron chi connectivity index (χ4n) is 1.87. The van der Waals surface area contributed by atoms with Crippen molar-refractivity contribution in [1.29, 1.82) is 0 Å². The summed E-state index contributed by atoms with van der Waals surface area (Å²) >= 11 is 0. The van der Waals surface area contributed by atoms with Crippen molar-refractivity contribution < 1.29 is 9.15 Å². The Bertz CT molecular complexity index is 501. The first kappa shape index (κ1) is 9.95. The number of ether oxygens (including phenoxy) is 1. The van der Waals surface area contributed by atoms with Crippen LogP contribution in [0, 0.1) is 0 Å². The van der Waals surface area contributed by atoms with Gasteiger partial charge in [-0.2, -0.15) is 0 Å². The van der Waals surface area contributed by atoms with E-state index in [0.717, 1.165) is 12.2 Å². The van der Waals surface area contributed by atoms with Gasteiger partial charge in [-0.15, -0.1) is 0 Å². The Hall–Kier alpha value is -2.24. The Labute approximate surface area is 97.8 Å². The van der Waals surface area contributed by atoms with E-state index in [0.29, 0.717) is 12.6 Å². The van der Waals surface area contributed by atoms with Crippen LogP contribution in [0.1, 0.15) is 5.56 Å². The van der Waals surface area contributed by atoms with Crippen molar-refractivity contribution in [2.45, 2.75) is 12.5 Å². The van der Waals surface area contributed by atoms with Gasteiger partial charge < -0.3 is 20.2 Å². The lowest BCUT2D eigenvalue weighted by molar-refractivity contribution is 0.245. The zero-order valence-corrected chi connectivity index (χ0v) is 9.09. The Balaban J connectivity index is 1.59. The molecule has 2 heterocycles. The summed E-state index contributed by atoms with van der Waals surface area (Å²) in [6.07, 6.45) is 0.966. The van der Waals surface area contributed by atoms with Crippen LogP contribution in [0.25, 0.3) is 0 Å². The van der Waals surface area contributed by atoms with Crippen molar-refractivity contribution in [1.82, 2.24) is 10.2 Å². The summed E-state index contributed by atoms with van der Waals surface area (Å²) in [6.45, 7) is 0.607. The minimum absolute atomic E-state index is 0.0585. The molecule has 1 aromatic carbocycles. The third kappa shape index (κ3) is 2.01. The highest BCUT2D eigenvalue weighted by atomic mass is 16.5. The number of benzene rings is 1. The van der Waals surface area contributed by atoms with Gasteiger partial charge in [0.1, 0.15) is 11.9 Å². The second kappa shape index (κ2) is 3.97. The lowest BCUT2D eigenvalue weighted by Crippen LogP contribution is -2.24. The van der Waals surface area contributed by atoms with Gasteiger partial charge in [-0.1, -0.05) is 28.4 Å². The maximum atomic E-state index is 5.75. The Morgan fingerprint density at radius 2 is 2.24 bits per heavy atom. The van der Waals surface area contributed by atoms with Crippen LogP contribution in [0.4, 0.5) is 12.0 Å². The van der Waals surface area contributed by atoms with Gasteiger partial charge in [-0.05, 0) is 11.6 Å². The van der Waals surface area contributed by atoms with Crippen LogP contribution in [0.3, 0.4) is 0 Å². The topological polar surface area (TPSA) is 86.2 Å². The van der Waals surface area contributed by atoms with Gasteiger partial charge in [0.2, 0.25) is 0 Å². The van der Waals surface area contributed by atoms with E-state index in [2.05, 4.69) is 21.6 Å². The first-order valence-electron chi connectivity index (χ1n) is 5.38. The van der Waals surface area contributed by atoms with Gasteiger partial charge in [0, 0.05) is 6.42 Å². The number of nitrogens with zero attached hydrogens (tertiary/aromatic N) is 2. The Morgan fingerprint density at radius 1 is 1.35 bits per heavy atom. The highest BCUT2D eigenvalue weighted by Gasteiger charge is 2.22. The van der Waals surface area contributed by atoms with Crippen LogP contribution < -0.4 is 15.8 Å². The molecule has 1 aliphatic rings. The largest absolute Gasteiger partial charge is 0.488 e. The Kier molecular flexibility index (Phi) is 2.32. The first-order valence-corrected chi connectivity index (χ1v) is 5.38. The minimum Gasteiger partial charge on any atom is -0.488 e. The molecule has 0 radical (unpaired) electrons. The van der Waals surface area contributed by atoms with Gasteiger partial charge in [-0.3, -0.25) is 0 Å². The lowest BCUT2D eigenvalue weighted by Gasteiger charge is -2.09. The summed E-state index contributed by atoms with van der Waals surface area (Å²) in [5.41, 5.74) is 6.55. The number of aromatic nitrogens is 2. The molecule has 1 unspecified atom stereocenters. The zero-order valence-electron chi connectivity index (χ0n) is 9.09. The van der Waals surface area contributed by atoms with E-state index in [4.69, 9.17) is 14.9 Å². The molecule has 3 N–H and O–H groups in total. The summed E-state index contributed by atoms with van der Waals surface area (Å²) in [6, 6.07) is 8.40. The number of hydrogen-bond acceptors (Lipinski definition) is 6. The van der Waals surface area contributed by atoms with Crippen LogP contribution in [-0.2, 0) is 6.42 Å². The van der Waals surface area contributed by atoms with E-state index in [1.54, 1.807) is 0 Å². The van der Waals surface area contributed by atoms with E-state index >= 15 is 0 Å². The molecule has 6 nitrogen and oxygen atoms in total. The van der Waals surface area contributed by atoms with Gasteiger partial charge in [-0.25, -0.2) is 0 Å². The average molecular weight is 232 g/mol. The molecule has 0 spiro atoms. The molecule has 0 aliphatic carbocycles. The summed E-state index contributed by atoms with van der Waals surface area (Å²) in [5.74, 6) is 0.948. The molecule has 0 fully saturated rings. The molecule has 3 rings (SSSR count). The molecular formula is C11H12N4O2. The number of nitrogens with two attached hydrogens (primary N) is 1. The van der Waals surface area contributed by atoms with Crippen molar-refractivity contribution >= 4 is 12.0 Å². The second-order valence-electron chi connectivity index (χ2n) is 3.88. The van der Waals surface area contributed by atoms with Gasteiger partial charge in [0.15, 0.2) is 0 Å². The van der Waals surface area contributed by atoms with Crippen LogP contribution in [-0.4, -0.2) is 22.8 Å². The highest BCUT2D eigenvalue weighted by Crippen LogP contribution is 2.28. The highest BCUT2D eigenvalue weighted by molar-refractivity contribution is 5.37. The zero-order chi connectivity index (χ0) is 11.7. The third-order valence-corrected chi connectivity index (χ3v) is 2.64. The van der Waals surface area contributed by atoms with Crippen LogP contribution in [0.5, 0.6) is 5.75 Å². The monoisotopic (exact) mass is 232 g/mol. The maximum absolute atomic E-state index is 5.75. The summed E-state index contributed by atoms with van der Waals surface area (Å²) in [7, 11) is 0. The standard InChI is InChI=1S/C11H12N4O2/c12-10-14-15-11(17-10)13-6-8-5-7-3-1-2-4-9(7)16-8/h1-4,8H,5-6H2,(H2,12,14)(H,13,15). The predicted octanol–water partition coefficient (Wildman–Crippen LogP) is 1.07. The quantitative estimate of drug-likeness (QED) is 0.823. The van der Waals surface area contributed by atoms with Crippen molar-refractivity contribution in [2.24, 2.45) is 0 Å². The van der Waals surface area contributed by atoms with Crippen LogP contribution >= 0.6 is 0 Å². The number of hydrogen-bond donors (Lipinski definition) is 2. The number of rotatable bonds is 3. The van der Waals surface area contributed by atoms with E-state index in [-0.39, 0.29) is 12.1 Å². The summed E-state index contributed by atoms with van der Waals surface area (Å²) in [5, 5.41) is 10.3. The van der Waals surface area contributed by atoms with Gasteiger partial charge in [0.25, 0.3) is 0 Å². The van der Waals surface area contributed by atoms with Crippen molar-refractivity contribution in [2.75, 3.05) is 17.6 Å². The van der Waals surface area contributed by atoms with E-state index in [1.165, 1.54) is 5.56 Å². The number of nitrogens with one attached hydrogen (secondary N) is 1. The average Bonchev–Trinajstić information content (AvgIpc) is 2.91. The van der Waals surface area contributed by atoms with E-state index in [9.17, 15) is 0 Å². The lowest BCUT2D eigenvalue weighted by atomic mass is 10.1. The second-order valence-corrected chi connectivity index (χ2v) is 3.88. The fourth-order valence-corrected chi connectivity index (χ4v) is 1.87. The van der Waals surface area contributed by atoms with Gasteiger partial charge >= 0.3 is 12.0 Å². The molecule has 0 amide bonds. The minimum atomic E-state index is 0.0585. The maximum Gasteiger partial charge on any atom is 0.316 e. The smallest absolute Gasteiger partial charge is 0.316 e. The number of nitrogen functional groups attached to an aromatic ring is 1. The van der Waals surface area contributed by atoms with Crippen molar-refractivity contribution in [3.05, 3.63) is 29.8 Å². The fraction of sp³-hybridized carbons (Fsp3) is 0.273. The number of fused-ring (bicyclic) bond motifs is 1. The molecule has 1 aromatic heterocycles. The summed E-state index contributed by atoms with van der Waals surface area (Å²) < 4.78 is 10.8. The first-order chi connectivity index (χ1) is 8.31. The molecule has 0 bridgehead atoms. The molecule has 0 saturated heterocycles. The van der Waals surface area contributed by atoms with Crippen LogP contribution in [0.15, 0.2) is 28.7 Å². The number of anilines is 2. The van der Waals surface area contributed by atoms with Crippen molar-refractivity contribution in [3.8, 4) is 5.75 Å². The van der Waals surface area contributed by atoms with Gasteiger partial charge in [0.05, 0.1) is 6.54 Å². The SMILES string of the molecule is Nc1nnc(NCC2Cc3ccccc3O2)o1. The molecule has 2 aromatic rings. The van der Waals surface area contributed by atoms with Crippen LogP contribution in [0.2, 0.25) is 0 Å². The van der Waals surface area contributed by atoms with E-state index in [1.807, 2.05) is 18.2 Å². The number of para-hydroxylation sites is 1. The molecular weight excluding hydrogens is 220 g/mol. The molecule has 6 heteroatoms. The molecule has 17 heavy (non-hydrogen) atoms. The third-order valence-electron chi connectivity index (χ3n) is 2.64. The Morgan fingerprint density at radius 3 is 3.00 bits per heavy atom. The molecule has 88 valence electrons. The van der Waals surface area contributed by atoms with Crippen molar-refractivity contribution in [3.63, 3.8) is 0 Å². The normalized spacial score (nSPS) is 17.5. The molecule has 1 aliphatic heterocycles.